The number of sulfonamides is 1. The van der Waals surface area contributed by atoms with Crippen molar-refractivity contribution in [2.45, 2.75) is 13.3 Å². The maximum Gasteiger partial charge on any atom is 0.211 e. The Kier molecular flexibility index (Phi) is 6.34. The third-order valence-electron chi connectivity index (χ3n) is 3.21. The van der Waals surface area contributed by atoms with Crippen LogP contribution in [0.4, 0.5) is 11.6 Å². The van der Waals surface area contributed by atoms with Gasteiger partial charge in [-0.25, -0.2) is 23.1 Å². The molecular weight excluding hydrogens is 306 g/mol. The van der Waals surface area contributed by atoms with E-state index in [1.54, 1.807) is 0 Å². The minimum atomic E-state index is -3.16. The van der Waals surface area contributed by atoms with Gasteiger partial charge in [-0.1, -0.05) is 6.92 Å². The van der Waals surface area contributed by atoms with Crippen molar-refractivity contribution < 1.29 is 13.2 Å². The number of morpholine rings is 1. The Morgan fingerprint density at radius 3 is 2.77 bits per heavy atom. The van der Waals surface area contributed by atoms with E-state index in [9.17, 15) is 8.42 Å². The van der Waals surface area contributed by atoms with Gasteiger partial charge < -0.3 is 15.0 Å². The van der Waals surface area contributed by atoms with Gasteiger partial charge in [0.05, 0.1) is 19.0 Å². The summed E-state index contributed by atoms with van der Waals surface area (Å²) in [5, 5.41) is 3.10. The SMILES string of the molecule is CCCS(=O)(=O)NCCNc1cc(N2CCOCC2)ncn1. The molecule has 0 aromatic carbocycles. The van der Waals surface area contributed by atoms with E-state index < -0.39 is 10.0 Å². The minimum absolute atomic E-state index is 0.154. The van der Waals surface area contributed by atoms with E-state index >= 15 is 0 Å². The summed E-state index contributed by atoms with van der Waals surface area (Å²) in [6.45, 7) is 5.67. The molecule has 0 aliphatic carbocycles. The molecule has 1 aliphatic rings. The fourth-order valence-electron chi connectivity index (χ4n) is 2.15. The number of aromatic nitrogens is 2. The lowest BCUT2D eigenvalue weighted by molar-refractivity contribution is 0.122. The van der Waals surface area contributed by atoms with Crippen molar-refractivity contribution in [2.24, 2.45) is 0 Å². The largest absolute Gasteiger partial charge is 0.378 e. The average molecular weight is 329 g/mol. The van der Waals surface area contributed by atoms with Gasteiger partial charge in [-0.15, -0.1) is 0 Å². The Balaban J connectivity index is 1.80. The van der Waals surface area contributed by atoms with E-state index in [1.165, 1.54) is 6.33 Å². The van der Waals surface area contributed by atoms with Crippen molar-refractivity contribution in [1.82, 2.24) is 14.7 Å². The summed E-state index contributed by atoms with van der Waals surface area (Å²) in [4.78, 5) is 10.5. The standard InChI is InChI=1S/C13H23N5O3S/c1-2-9-22(19,20)17-4-3-14-12-10-13(16-11-15-12)18-5-7-21-8-6-18/h10-11,17H,2-9H2,1H3,(H,14,15,16). The van der Waals surface area contributed by atoms with Gasteiger partial charge >= 0.3 is 0 Å². The van der Waals surface area contributed by atoms with Crippen LogP contribution in [0, 0.1) is 0 Å². The molecule has 0 bridgehead atoms. The van der Waals surface area contributed by atoms with Crippen molar-refractivity contribution in [3.63, 3.8) is 0 Å². The van der Waals surface area contributed by atoms with Gasteiger partial charge in [0.2, 0.25) is 10.0 Å². The second kappa shape index (κ2) is 8.25. The first-order valence-corrected chi connectivity index (χ1v) is 9.12. The average Bonchev–Trinajstić information content (AvgIpc) is 2.53. The molecule has 1 aromatic heterocycles. The second-order valence-corrected chi connectivity index (χ2v) is 6.93. The molecule has 0 radical (unpaired) electrons. The molecule has 8 nitrogen and oxygen atoms in total. The Labute approximate surface area is 131 Å². The molecule has 0 amide bonds. The van der Waals surface area contributed by atoms with Crippen LogP contribution in [-0.4, -0.2) is 63.5 Å². The lowest BCUT2D eigenvalue weighted by atomic mass is 10.4. The van der Waals surface area contributed by atoms with Crippen molar-refractivity contribution in [2.75, 3.05) is 55.4 Å². The van der Waals surface area contributed by atoms with Gasteiger partial charge in [0, 0.05) is 32.2 Å². The molecule has 0 unspecified atom stereocenters. The van der Waals surface area contributed by atoms with Crippen molar-refractivity contribution in [3.8, 4) is 0 Å². The highest BCUT2D eigenvalue weighted by Crippen LogP contribution is 2.15. The highest BCUT2D eigenvalue weighted by atomic mass is 32.2. The van der Waals surface area contributed by atoms with E-state index in [1.807, 2.05) is 13.0 Å². The van der Waals surface area contributed by atoms with Crippen molar-refractivity contribution in [3.05, 3.63) is 12.4 Å². The first-order valence-electron chi connectivity index (χ1n) is 7.46. The molecule has 1 aliphatic heterocycles. The van der Waals surface area contributed by atoms with Crippen LogP contribution < -0.4 is 14.9 Å². The smallest absolute Gasteiger partial charge is 0.211 e. The van der Waals surface area contributed by atoms with Crippen LogP contribution >= 0.6 is 0 Å². The van der Waals surface area contributed by atoms with Gasteiger partial charge in [0.25, 0.3) is 0 Å². The summed E-state index contributed by atoms with van der Waals surface area (Å²) in [5.74, 6) is 1.69. The monoisotopic (exact) mass is 329 g/mol. The van der Waals surface area contributed by atoms with E-state index in [4.69, 9.17) is 4.74 Å². The normalized spacial score (nSPS) is 15.8. The van der Waals surface area contributed by atoms with Crippen molar-refractivity contribution >= 4 is 21.7 Å². The summed E-state index contributed by atoms with van der Waals surface area (Å²) < 4.78 is 30.9. The van der Waals surface area contributed by atoms with Gasteiger partial charge in [-0.2, -0.15) is 0 Å². The molecule has 1 fully saturated rings. The topological polar surface area (TPSA) is 96.5 Å². The Morgan fingerprint density at radius 1 is 1.27 bits per heavy atom. The first kappa shape index (κ1) is 16.9. The number of hydrogen-bond acceptors (Lipinski definition) is 7. The summed E-state index contributed by atoms with van der Waals surface area (Å²) in [5.41, 5.74) is 0. The number of ether oxygens (including phenoxy) is 1. The van der Waals surface area contributed by atoms with Crippen LogP contribution in [0.15, 0.2) is 12.4 Å². The summed E-state index contributed by atoms with van der Waals surface area (Å²) in [7, 11) is -3.16. The van der Waals surface area contributed by atoms with Gasteiger partial charge in [0.15, 0.2) is 0 Å². The Bertz CT molecular complexity index is 561. The van der Waals surface area contributed by atoms with E-state index in [0.717, 1.165) is 18.9 Å². The quantitative estimate of drug-likeness (QED) is 0.651. The van der Waals surface area contributed by atoms with Crippen LogP contribution in [0.3, 0.4) is 0 Å². The summed E-state index contributed by atoms with van der Waals surface area (Å²) in [6.07, 6.45) is 2.12. The minimum Gasteiger partial charge on any atom is -0.378 e. The summed E-state index contributed by atoms with van der Waals surface area (Å²) in [6, 6.07) is 1.87. The maximum atomic E-state index is 11.5. The van der Waals surface area contributed by atoms with Crippen LogP contribution in [-0.2, 0) is 14.8 Å². The molecule has 124 valence electrons. The molecule has 1 saturated heterocycles. The second-order valence-electron chi connectivity index (χ2n) is 5.00. The predicted octanol–water partition coefficient (Wildman–Crippen LogP) is 0.0545. The number of rotatable bonds is 8. The molecule has 0 saturated carbocycles. The highest BCUT2D eigenvalue weighted by Gasteiger charge is 2.13. The third kappa shape index (κ3) is 5.39. The van der Waals surface area contributed by atoms with Crippen molar-refractivity contribution in [1.29, 1.82) is 0 Å². The fourth-order valence-corrected chi connectivity index (χ4v) is 3.24. The predicted molar refractivity (Wildman–Crippen MR) is 85.6 cm³/mol. The number of nitrogens with zero attached hydrogens (tertiary/aromatic N) is 3. The zero-order chi connectivity index (χ0) is 15.8. The molecular formula is C13H23N5O3S. The van der Waals surface area contributed by atoms with E-state index in [-0.39, 0.29) is 5.75 Å². The highest BCUT2D eigenvalue weighted by molar-refractivity contribution is 7.89. The van der Waals surface area contributed by atoms with Gasteiger partial charge in [-0.3, -0.25) is 0 Å². The number of nitrogens with one attached hydrogen (secondary N) is 2. The Morgan fingerprint density at radius 2 is 2.05 bits per heavy atom. The molecule has 2 rings (SSSR count). The molecule has 1 aromatic rings. The third-order valence-corrected chi connectivity index (χ3v) is 4.80. The first-order chi connectivity index (χ1) is 10.6. The van der Waals surface area contributed by atoms with Crippen LogP contribution in [0.5, 0.6) is 0 Å². The number of hydrogen-bond donors (Lipinski definition) is 2. The lowest BCUT2D eigenvalue weighted by Crippen LogP contribution is -2.36. The zero-order valence-corrected chi connectivity index (χ0v) is 13.6. The van der Waals surface area contributed by atoms with Crippen LogP contribution in [0.25, 0.3) is 0 Å². The maximum absolute atomic E-state index is 11.5. The molecule has 0 atom stereocenters. The van der Waals surface area contributed by atoms with Gasteiger partial charge in [0.1, 0.15) is 18.0 Å². The van der Waals surface area contributed by atoms with E-state index in [0.29, 0.717) is 38.5 Å². The molecule has 2 heterocycles. The van der Waals surface area contributed by atoms with Crippen LogP contribution in [0.2, 0.25) is 0 Å². The molecule has 9 heteroatoms. The zero-order valence-electron chi connectivity index (χ0n) is 12.8. The molecule has 0 spiro atoms. The molecule has 22 heavy (non-hydrogen) atoms. The fraction of sp³-hybridized carbons (Fsp3) is 0.692. The van der Waals surface area contributed by atoms with Gasteiger partial charge in [-0.05, 0) is 6.42 Å². The van der Waals surface area contributed by atoms with Crippen LogP contribution in [0.1, 0.15) is 13.3 Å². The molecule has 2 N–H and O–H groups in total. The lowest BCUT2D eigenvalue weighted by Gasteiger charge is -2.27. The summed E-state index contributed by atoms with van der Waals surface area (Å²) >= 11 is 0. The Hall–Kier alpha value is -1.45. The van der Waals surface area contributed by atoms with E-state index in [2.05, 4.69) is 24.9 Å². The number of anilines is 2.